The molecule has 1 atom stereocenters. The topological polar surface area (TPSA) is 60.7 Å². The molecule has 3 nitrogen and oxygen atoms in total. The molecule has 0 bridgehead atoms. The summed E-state index contributed by atoms with van der Waals surface area (Å²) in [4.78, 5) is 0. The molecule has 1 rings (SSSR count). The van der Waals surface area contributed by atoms with E-state index in [2.05, 4.69) is 15.9 Å². The summed E-state index contributed by atoms with van der Waals surface area (Å²) in [6.07, 6.45) is -0.0113. The van der Waals surface area contributed by atoms with E-state index in [1.165, 1.54) is 6.07 Å². The van der Waals surface area contributed by atoms with E-state index < -0.39 is 6.10 Å². The Kier molecular flexibility index (Phi) is 3.17. The molecule has 0 aliphatic rings. The maximum atomic E-state index is 9.23. The molecule has 0 amide bonds. The van der Waals surface area contributed by atoms with Crippen molar-refractivity contribution in [3.8, 4) is 11.5 Å². The van der Waals surface area contributed by atoms with Gasteiger partial charge in [0.1, 0.15) is 0 Å². The standard InChI is InChI=1S/C9H11BrO3/c1-5(11)2-6-3-7(10)9(13)8(12)4-6/h3-5,11-13H,2H2,1H3. The average Bonchev–Trinajstić information content (AvgIpc) is 1.98. The van der Waals surface area contributed by atoms with Crippen molar-refractivity contribution >= 4 is 15.9 Å². The molecule has 0 fully saturated rings. The molecular formula is C9H11BrO3. The molecule has 13 heavy (non-hydrogen) atoms. The second kappa shape index (κ2) is 3.98. The van der Waals surface area contributed by atoms with E-state index in [0.29, 0.717) is 10.9 Å². The van der Waals surface area contributed by atoms with Gasteiger partial charge in [0.25, 0.3) is 0 Å². The number of halogens is 1. The van der Waals surface area contributed by atoms with Gasteiger partial charge in [0.15, 0.2) is 11.5 Å². The van der Waals surface area contributed by atoms with Crippen LogP contribution in [0.25, 0.3) is 0 Å². The molecule has 4 heteroatoms. The molecule has 0 spiro atoms. The van der Waals surface area contributed by atoms with Crippen molar-refractivity contribution in [1.82, 2.24) is 0 Å². The highest BCUT2D eigenvalue weighted by molar-refractivity contribution is 9.10. The van der Waals surface area contributed by atoms with Gasteiger partial charge in [-0.05, 0) is 47.0 Å². The fourth-order valence-corrected chi connectivity index (χ4v) is 1.60. The Morgan fingerprint density at radius 1 is 1.38 bits per heavy atom. The van der Waals surface area contributed by atoms with Crippen molar-refractivity contribution in [3.05, 3.63) is 22.2 Å². The van der Waals surface area contributed by atoms with Gasteiger partial charge in [-0.25, -0.2) is 0 Å². The minimum absolute atomic E-state index is 0.172. The highest BCUT2D eigenvalue weighted by Crippen LogP contribution is 2.34. The number of rotatable bonds is 2. The number of hydrogen-bond acceptors (Lipinski definition) is 3. The predicted molar refractivity (Wildman–Crippen MR) is 52.9 cm³/mol. The van der Waals surface area contributed by atoms with Crippen LogP contribution in [0.5, 0.6) is 11.5 Å². The van der Waals surface area contributed by atoms with E-state index in [9.17, 15) is 10.2 Å². The molecule has 3 N–H and O–H groups in total. The third-order valence-corrected chi connectivity index (χ3v) is 2.24. The van der Waals surface area contributed by atoms with Gasteiger partial charge >= 0.3 is 0 Å². The Morgan fingerprint density at radius 2 is 2.00 bits per heavy atom. The molecular weight excluding hydrogens is 236 g/mol. The van der Waals surface area contributed by atoms with E-state index in [0.717, 1.165) is 5.56 Å². The van der Waals surface area contributed by atoms with Crippen LogP contribution in [0.15, 0.2) is 16.6 Å². The molecule has 0 aromatic heterocycles. The fraction of sp³-hybridized carbons (Fsp3) is 0.333. The number of aliphatic hydroxyl groups excluding tert-OH is 1. The summed E-state index contributed by atoms with van der Waals surface area (Å²) in [5.41, 5.74) is 0.775. The number of aromatic hydroxyl groups is 2. The number of phenolic OH excluding ortho intramolecular Hbond substituents is 2. The van der Waals surface area contributed by atoms with Crippen LogP contribution >= 0.6 is 15.9 Å². The van der Waals surface area contributed by atoms with Crippen molar-refractivity contribution in [2.75, 3.05) is 0 Å². The van der Waals surface area contributed by atoms with Crippen LogP contribution in [0.2, 0.25) is 0 Å². The van der Waals surface area contributed by atoms with E-state index >= 15 is 0 Å². The highest BCUT2D eigenvalue weighted by atomic mass is 79.9. The summed E-state index contributed by atoms with van der Waals surface area (Å²) in [5.74, 6) is -0.348. The second-order valence-corrected chi connectivity index (χ2v) is 3.85. The van der Waals surface area contributed by atoms with Gasteiger partial charge in [0.2, 0.25) is 0 Å². The van der Waals surface area contributed by atoms with Crippen LogP contribution in [0.4, 0.5) is 0 Å². The Labute approximate surface area is 84.8 Å². The Hall–Kier alpha value is -0.740. The third kappa shape index (κ3) is 2.60. The Bertz CT molecular complexity index is 287. The minimum atomic E-state index is -0.462. The zero-order valence-corrected chi connectivity index (χ0v) is 8.74. The maximum Gasteiger partial charge on any atom is 0.171 e. The van der Waals surface area contributed by atoms with Gasteiger partial charge in [0, 0.05) is 0 Å². The van der Waals surface area contributed by atoms with E-state index in [4.69, 9.17) is 5.11 Å². The summed E-state index contributed by atoms with van der Waals surface area (Å²) in [6.45, 7) is 1.66. The largest absolute Gasteiger partial charge is 0.504 e. The minimum Gasteiger partial charge on any atom is -0.504 e. The average molecular weight is 247 g/mol. The van der Waals surface area contributed by atoms with Crippen molar-refractivity contribution in [2.24, 2.45) is 0 Å². The summed E-state index contributed by atoms with van der Waals surface area (Å²) < 4.78 is 0.433. The number of hydrogen-bond donors (Lipinski definition) is 3. The smallest absolute Gasteiger partial charge is 0.171 e. The zero-order chi connectivity index (χ0) is 10.0. The van der Waals surface area contributed by atoms with Gasteiger partial charge in [-0.3, -0.25) is 0 Å². The van der Waals surface area contributed by atoms with Crippen molar-refractivity contribution in [2.45, 2.75) is 19.4 Å². The van der Waals surface area contributed by atoms with Crippen LogP contribution in [0.3, 0.4) is 0 Å². The normalized spacial score (nSPS) is 12.8. The summed E-state index contributed by atoms with van der Waals surface area (Å²) in [6, 6.07) is 3.11. The first-order valence-electron chi connectivity index (χ1n) is 3.89. The number of aliphatic hydroxyl groups is 1. The summed E-state index contributed by atoms with van der Waals surface area (Å²) >= 11 is 3.10. The second-order valence-electron chi connectivity index (χ2n) is 3.00. The SMILES string of the molecule is CC(O)Cc1cc(O)c(O)c(Br)c1. The molecule has 0 saturated carbocycles. The number of phenols is 2. The van der Waals surface area contributed by atoms with Crippen LogP contribution in [0, 0.1) is 0 Å². The summed E-state index contributed by atoms with van der Waals surface area (Å²) in [5, 5.41) is 27.5. The molecule has 72 valence electrons. The molecule has 0 radical (unpaired) electrons. The monoisotopic (exact) mass is 246 g/mol. The van der Waals surface area contributed by atoms with E-state index in [1.807, 2.05) is 0 Å². The molecule has 1 aromatic carbocycles. The lowest BCUT2D eigenvalue weighted by molar-refractivity contribution is 0.195. The summed E-state index contributed by atoms with van der Waals surface area (Å²) in [7, 11) is 0. The molecule has 0 aliphatic heterocycles. The molecule has 1 aromatic rings. The van der Waals surface area contributed by atoms with Crippen molar-refractivity contribution in [1.29, 1.82) is 0 Å². The van der Waals surface area contributed by atoms with E-state index in [-0.39, 0.29) is 11.5 Å². The predicted octanol–water partition coefficient (Wildman–Crippen LogP) is 1.78. The van der Waals surface area contributed by atoms with Gasteiger partial charge in [-0.15, -0.1) is 0 Å². The first kappa shape index (κ1) is 10.3. The van der Waals surface area contributed by atoms with Crippen LogP contribution in [-0.4, -0.2) is 21.4 Å². The van der Waals surface area contributed by atoms with Crippen LogP contribution in [0.1, 0.15) is 12.5 Å². The molecule has 0 heterocycles. The number of benzene rings is 1. The quantitative estimate of drug-likeness (QED) is 0.698. The first-order valence-corrected chi connectivity index (χ1v) is 4.68. The van der Waals surface area contributed by atoms with Crippen LogP contribution < -0.4 is 0 Å². The van der Waals surface area contributed by atoms with Crippen molar-refractivity contribution in [3.63, 3.8) is 0 Å². The Balaban J connectivity index is 2.99. The van der Waals surface area contributed by atoms with Gasteiger partial charge < -0.3 is 15.3 Å². The third-order valence-electron chi connectivity index (χ3n) is 1.63. The first-order chi connectivity index (χ1) is 6.00. The highest BCUT2D eigenvalue weighted by Gasteiger charge is 2.08. The van der Waals surface area contributed by atoms with Gasteiger partial charge in [-0.2, -0.15) is 0 Å². The van der Waals surface area contributed by atoms with Crippen LogP contribution in [-0.2, 0) is 6.42 Å². The zero-order valence-electron chi connectivity index (χ0n) is 7.16. The maximum absolute atomic E-state index is 9.23. The van der Waals surface area contributed by atoms with Gasteiger partial charge in [0.05, 0.1) is 10.6 Å². The van der Waals surface area contributed by atoms with Gasteiger partial charge in [-0.1, -0.05) is 0 Å². The molecule has 0 aliphatic carbocycles. The van der Waals surface area contributed by atoms with Crippen molar-refractivity contribution < 1.29 is 15.3 Å². The van der Waals surface area contributed by atoms with E-state index in [1.54, 1.807) is 13.0 Å². The lowest BCUT2D eigenvalue weighted by Crippen LogP contribution is -2.03. The molecule has 0 saturated heterocycles. The Morgan fingerprint density at radius 3 is 2.46 bits per heavy atom. The fourth-order valence-electron chi connectivity index (χ4n) is 1.10. The molecule has 1 unspecified atom stereocenters. The lowest BCUT2D eigenvalue weighted by Gasteiger charge is -2.07. The lowest BCUT2D eigenvalue weighted by atomic mass is 10.1.